The van der Waals surface area contributed by atoms with Crippen LogP contribution >= 0.6 is 11.3 Å². The molecule has 2 aliphatic rings. The van der Waals surface area contributed by atoms with E-state index in [1.165, 1.54) is 11.8 Å². The smallest absolute Gasteiger partial charge is 0.276 e. The standard InChI is InChI=1S/C18H21N3O3S/c1-13(22)21(11-14-3-9-25-12-14)16-10-18(16)4-6-20(7-5-18)17(23)15-2-8-24-19-15/h2-3,8-9,12,16H,4-7,10-11H2,1H3/t16-/m1/s1. The van der Waals surface area contributed by atoms with E-state index in [1.54, 1.807) is 24.3 Å². The van der Waals surface area contributed by atoms with Crippen molar-refractivity contribution in [2.24, 2.45) is 5.41 Å². The zero-order valence-electron chi connectivity index (χ0n) is 14.2. The molecule has 0 N–H and O–H groups in total. The maximum Gasteiger partial charge on any atom is 0.276 e. The molecule has 6 nitrogen and oxygen atoms in total. The first-order chi connectivity index (χ1) is 12.1. The third-order valence-electron chi connectivity index (χ3n) is 5.56. The van der Waals surface area contributed by atoms with Crippen molar-refractivity contribution in [3.05, 3.63) is 40.4 Å². The van der Waals surface area contributed by atoms with Crippen molar-refractivity contribution >= 4 is 23.2 Å². The lowest BCUT2D eigenvalue weighted by Gasteiger charge is -2.34. The van der Waals surface area contributed by atoms with Crippen LogP contribution in [0.15, 0.2) is 33.7 Å². The molecule has 1 aliphatic heterocycles. The van der Waals surface area contributed by atoms with Gasteiger partial charge in [0.25, 0.3) is 5.91 Å². The van der Waals surface area contributed by atoms with Crippen LogP contribution in [-0.2, 0) is 11.3 Å². The fourth-order valence-corrected chi connectivity index (χ4v) is 4.62. The van der Waals surface area contributed by atoms with Crippen LogP contribution < -0.4 is 0 Å². The van der Waals surface area contributed by atoms with Gasteiger partial charge in [-0.1, -0.05) is 5.16 Å². The fraction of sp³-hybridized carbons (Fsp3) is 0.500. The third kappa shape index (κ3) is 3.08. The monoisotopic (exact) mass is 359 g/mol. The highest BCUT2D eigenvalue weighted by Gasteiger charge is 2.58. The Kier molecular flexibility index (Phi) is 4.11. The van der Waals surface area contributed by atoms with E-state index in [9.17, 15) is 9.59 Å². The van der Waals surface area contributed by atoms with Crippen molar-refractivity contribution < 1.29 is 14.1 Å². The van der Waals surface area contributed by atoms with E-state index in [0.717, 1.165) is 19.3 Å². The first kappa shape index (κ1) is 16.3. The predicted octanol–water partition coefficient (Wildman–Crippen LogP) is 2.78. The van der Waals surface area contributed by atoms with Crippen LogP contribution in [0.25, 0.3) is 0 Å². The second-order valence-electron chi connectivity index (χ2n) is 7.04. The average Bonchev–Trinajstić information content (AvgIpc) is 3.07. The van der Waals surface area contributed by atoms with Crippen molar-refractivity contribution in [1.82, 2.24) is 15.0 Å². The summed E-state index contributed by atoms with van der Waals surface area (Å²) in [4.78, 5) is 28.4. The van der Waals surface area contributed by atoms with Crippen LogP contribution in [0.4, 0.5) is 0 Å². The van der Waals surface area contributed by atoms with Crippen molar-refractivity contribution in [1.29, 1.82) is 0 Å². The molecule has 1 aliphatic carbocycles. The second kappa shape index (κ2) is 6.29. The Bertz CT molecular complexity index is 749. The summed E-state index contributed by atoms with van der Waals surface area (Å²) >= 11 is 1.66. The summed E-state index contributed by atoms with van der Waals surface area (Å²) in [6.07, 6.45) is 4.34. The van der Waals surface area contributed by atoms with Gasteiger partial charge in [-0.15, -0.1) is 0 Å². The van der Waals surface area contributed by atoms with Crippen molar-refractivity contribution in [2.75, 3.05) is 13.1 Å². The molecule has 1 spiro atoms. The molecule has 1 saturated heterocycles. The third-order valence-corrected chi connectivity index (χ3v) is 6.30. The minimum atomic E-state index is -0.0671. The minimum absolute atomic E-state index is 0.0671. The molecule has 2 fully saturated rings. The van der Waals surface area contributed by atoms with Crippen LogP contribution in [0.3, 0.4) is 0 Å². The molecule has 132 valence electrons. The van der Waals surface area contributed by atoms with E-state index < -0.39 is 0 Å². The lowest BCUT2D eigenvalue weighted by atomic mass is 9.92. The summed E-state index contributed by atoms with van der Waals surface area (Å²) in [5, 5.41) is 7.88. The number of hydrogen-bond donors (Lipinski definition) is 0. The van der Waals surface area contributed by atoms with Gasteiger partial charge in [-0.2, -0.15) is 11.3 Å². The van der Waals surface area contributed by atoms with Crippen LogP contribution in [-0.4, -0.2) is 45.9 Å². The molecule has 1 atom stereocenters. The van der Waals surface area contributed by atoms with Gasteiger partial charge in [0.15, 0.2) is 5.69 Å². The number of aromatic nitrogens is 1. The zero-order valence-corrected chi connectivity index (χ0v) is 15.0. The number of carbonyl (C=O) groups excluding carboxylic acids is 2. The Morgan fingerprint density at radius 1 is 1.40 bits per heavy atom. The number of thiophene rings is 1. The molecule has 1 saturated carbocycles. The molecular weight excluding hydrogens is 338 g/mol. The summed E-state index contributed by atoms with van der Waals surface area (Å²) in [6, 6.07) is 3.98. The number of nitrogens with zero attached hydrogens (tertiary/aromatic N) is 3. The van der Waals surface area contributed by atoms with E-state index in [2.05, 4.69) is 16.6 Å². The van der Waals surface area contributed by atoms with Crippen molar-refractivity contribution in [3.8, 4) is 0 Å². The Balaban J connectivity index is 1.38. The Morgan fingerprint density at radius 2 is 2.20 bits per heavy atom. The average molecular weight is 359 g/mol. The molecule has 2 amide bonds. The highest BCUT2D eigenvalue weighted by molar-refractivity contribution is 7.07. The summed E-state index contributed by atoms with van der Waals surface area (Å²) < 4.78 is 4.76. The largest absolute Gasteiger partial charge is 0.364 e. The van der Waals surface area contributed by atoms with Gasteiger partial charge in [-0.3, -0.25) is 9.59 Å². The SMILES string of the molecule is CC(=O)N(Cc1ccsc1)[C@@H]1CC12CCN(C(=O)c1ccon1)CC2. The van der Waals surface area contributed by atoms with Crippen molar-refractivity contribution in [2.45, 2.75) is 38.8 Å². The lowest BCUT2D eigenvalue weighted by Crippen LogP contribution is -2.42. The van der Waals surface area contributed by atoms with E-state index >= 15 is 0 Å². The topological polar surface area (TPSA) is 66.7 Å². The normalized spacial score (nSPS) is 21.3. The first-order valence-electron chi connectivity index (χ1n) is 8.57. The van der Waals surface area contributed by atoms with Gasteiger partial charge in [0.05, 0.1) is 0 Å². The van der Waals surface area contributed by atoms with E-state index in [0.29, 0.717) is 31.4 Å². The van der Waals surface area contributed by atoms with E-state index in [1.807, 2.05) is 15.2 Å². The summed E-state index contributed by atoms with van der Waals surface area (Å²) in [5.74, 6) is 0.0664. The van der Waals surface area contributed by atoms with Crippen LogP contribution in [0.5, 0.6) is 0 Å². The van der Waals surface area contributed by atoms with Gasteiger partial charge in [0, 0.05) is 38.7 Å². The quantitative estimate of drug-likeness (QED) is 0.842. The van der Waals surface area contributed by atoms with Gasteiger partial charge in [-0.05, 0) is 47.1 Å². The molecule has 3 heterocycles. The summed E-state index contributed by atoms with van der Waals surface area (Å²) in [6.45, 7) is 3.77. The maximum atomic E-state index is 12.4. The molecule has 2 aromatic heterocycles. The lowest BCUT2D eigenvalue weighted by molar-refractivity contribution is -0.130. The van der Waals surface area contributed by atoms with E-state index in [-0.39, 0.29) is 17.2 Å². The van der Waals surface area contributed by atoms with Crippen LogP contribution in [0.2, 0.25) is 0 Å². The van der Waals surface area contributed by atoms with Gasteiger partial charge >= 0.3 is 0 Å². The molecule has 0 bridgehead atoms. The van der Waals surface area contributed by atoms with Gasteiger partial charge < -0.3 is 14.3 Å². The number of amides is 2. The Morgan fingerprint density at radius 3 is 2.80 bits per heavy atom. The molecular formula is C18H21N3O3S. The van der Waals surface area contributed by atoms with Gasteiger partial charge in [0.2, 0.25) is 5.91 Å². The Labute approximate surface area is 150 Å². The molecule has 0 aromatic carbocycles. The predicted molar refractivity (Wildman–Crippen MR) is 93.0 cm³/mol. The maximum absolute atomic E-state index is 12.4. The summed E-state index contributed by atoms with van der Waals surface area (Å²) in [7, 11) is 0. The van der Waals surface area contributed by atoms with Crippen molar-refractivity contribution in [3.63, 3.8) is 0 Å². The molecule has 0 unspecified atom stereocenters. The zero-order chi connectivity index (χ0) is 17.4. The molecule has 0 radical (unpaired) electrons. The number of likely N-dealkylation sites (tertiary alicyclic amines) is 1. The van der Waals surface area contributed by atoms with Crippen LogP contribution in [0.1, 0.15) is 42.2 Å². The Hall–Kier alpha value is -2.15. The number of rotatable bonds is 4. The molecule has 4 rings (SSSR count). The van der Waals surface area contributed by atoms with Crippen LogP contribution in [0, 0.1) is 5.41 Å². The number of piperidine rings is 1. The number of hydrogen-bond acceptors (Lipinski definition) is 5. The van der Waals surface area contributed by atoms with Gasteiger partial charge in [0.1, 0.15) is 6.26 Å². The fourth-order valence-electron chi connectivity index (χ4n) is 3.96. The molecule has 7 heteroatoms. The number of carbonyl (C=O) groups is 2. The molecule has 25 heavy (non-hydrogen) atoms. The highest BCUT2D eigenvalue weighted by atomic mass is 32.1. The van der Waals surface area contributed by atoms with E-state index in [4.69, 9.17) is 4.52 Å². The highest BCUT2D eigenvalue weighted by Crippen LogP contribution is 2.57. The minimum Gasteiger partial charge on any atom is -0.364 e. The van der Waals surface area contributed by atoms with Gasteiger partial charge in [-0.25, -0.2) is 0 Å². The summed E-state index contributed by atoms with van der Waals surface area (Å²) in [5.41, 5.74) is 1.74. The second-order valence-corrected chi connectivity index (χ2v) is 7.82. The molecule has 2 aromatic rings. The first-order valence-corrected chi connectivity index (χ1v) is 9.51.